The van der Waals surface area contributed by atoms with Gasteiger partial charge < -0.3 is 19.9 Å². The Morgan fingerprint density at radius 2 is 1.74 bits per heavy atom. The number of ether oxygens (including phenoxy) is 1. The highest BCUT2D eigenvalue weighted by Crippen LogP contribution is 2.28. The molecule has 2 fully saturated rings. The van der Waals surface area contributed by atoms with Gasteiger partial charge in [-0.25, -0.2) is 19.7 Å². The van der Waals surface area contributed by atoms with Gasteiger partial charge in [-0.1, -0.05) is 0 Å². The van der Waals surface area contributed by atoms with E-state index >= 15 is 0 Å². The third kappa shape index (κ3) is 6.17. The van der Waals surface area contributed by atoms with E-state index in [9.17, 15) is 9.59 Å². The van der Waals surface area contributed by atoms with Crippen LogP contribution in [-0.2, 0) is 9.53 Å². The SMILES string of the molecule is CC(C)(C)OC(=O)N1CCC(n2cc(-c3ccc(NC(=O)C4CCN(c5ncnc6nsnc56)CC4)nc3)cn2)CC1. The van der Waals surface area contributed by atoms with Gasteiger partial charge in [0.25, 0.3) is 0 Å². The molecule has 0 saturated carbocycles. The van der Waals surface area contributed by atoms with Crippen molar-refractivity contribution < 1.29 is 14.3 Å². The lowest BCUT2D eigenvalue weighted by Crippen LogP contribution is -2.42. The second kappa shape index (κ2) is 11.6. The summed E-state index contributed by atoms with van der Waals surface area (Å²) in [6, 6.07) is 3.99. The Balaban J connectivity index is 0.998. The Morgan fingerprint density at radius 3 is 2.45 bits per heavy atom. The first kappa shape index (κ1) is 27.9. The average Bonchev–Trinajstić information content (AvgIpc) is 3.67. The summed E-state index contributed by atoms with van der Waals surface area (Å²) in [6.07, 6.45) is 9.90. The summed E-state index contributed by atoms with van der Waals surface area (Å²) in [7, 11) is 0. The van der Waals surface area contributed by atoms with Gasteiger partial charge >= 0.3 is 6.09 Å². The minimum atomic E-state index is -0.498. The molecule has 6 rings (SSSR count). The van der Waals surface area contributed by atoms with Crippen LogP contribution in [0.15, 0.2) is 37.1 Å². The molecular formula is C28H34N10O3S. The molecule has 0 spiro atoms. The van der Waals surface area contributed by atoms with Crippen LogP contribution in [0, 0.1) is 5.92 Å². The number of carbonyl (C=O) groups excluding carboxylic acids is 2. The Labute approximate surface area is 247 Å². The number of aromatic nitrogens is 7. The highest BCUT2D eigenvalue weighted by molar-refractivity contribution is 7.00. The van der Waals surface area contributed by atoms with Gasteiger partial charge in [-0.2, -0.15) is 13.8 Å². The fourth-order valence-electron chi connectivity index (χ4n) is 5.39. The van der Waals surface area contributed by atoms with Crippen molar-refractivity contribution in [2.75, 3.05) is 36.4 Å². The molecule has 14 heteroatoms. The second-order valence-corrected chi connectivity index (χ2v) is 12.3. The molecule has 0 radical (unpaired) electrons. The number of pyridine rings is 1. The largest absolute Gasteiger partial charge is 0.444 e. The monoisotopic (exact) mass is 590 g/mol. The molecule has 0 aromatic carbocycles. The van der Waals surface area contributed by atoms with E-state index < -0.39 is 5.60 Å². The standard InChI is InChI=1S/C28H34N10O3S/c1-28(2,3)41-27(40)37-12-8-21(9-13-37)38-16-20(15-32-38)19-4-5-22(29-14-19)33-26(39)18-6-10-36(11-7-18)25-23-24(30-17-31-25)35-42-34-23/h4-5,14-18,21H,6-13H2,1-3H3,(H,29,33,39). The van der Waals surface area contributed by atoms with Crippen LogP contribution in [0.25, 0.3) is 22.3 Å². The maximum atomic E-state index is 13.0. The molecule has 1 N–H and O–H groups in total. The van der Waals surface area contributed by atoms with Gasteiger partial charge in [-0.15, -0.1) is 0 Å². The molecule has 0 atom stereocenters. The summed E-state index contributed by atoms with van der Waals surface area (Å²) in [6.45, 7) is 8.32. The number of anilines is 2. The summed E-state index contributed by atoms with van der Waals surface area (Å²) >= 11 is 1.13. The van der Waals surface area contributed by atoms with E-state index in [0.717, 1.165) is 41.5 Å². The molecule has 0 bridgehead atoms. The molecule has 0 unspecified atom stereocenters. The van der Waals surface area contributed by atoms with Crippen LogP contribution in [0.4, 0.5) is 16.4 Å². The van der Waals surface area contributed by atoms with Crippen LogP contribution < -0.4 is 10.2 Å². The first-order valence-electron chi connectivity index (χ1n) is 14.2. The Kier molecular flexibility index (Phi) is 7.71. The Hall–Kier alpha value is -4.20. The van der Waals surface area contributed by atoms with Crippen molar-refractivity contribution in [3.05, 3.63) is 37.1 Å². The molecule has 2 aliphatic heterocycles. The highest BCUT2D eigenvalue weighted by Gasteiger charge is 2.29. The number of hydrogen-bond donors (Lipinski definition) is 1. The van der Waals surface area contributed by atoms with Crippen LogP contribution in [-0.4, -0.2) is 82.2 Å². The van der Waals surface area contributed by atoms with E-state index in [2.05, 4.69) is 39.0 Å². The fraction of sp³-hybridized carbons (Fsp3) is 0.500. The van der Waals surface area contributed by atoms with Crippen molar-refractivity contribution in [1.82, 2.24) is 38.4 Å². The average molecular weight is 591 g/mol. The van der Waals surface area contributed by atoms with Gasteiger partial charge in [0.1, 0.15) is 17.7 Å². The van der Waals surface area contributed by atoms with Gasteiger partial charge in [-0.3, -0.25) is 9.48 Å². The normalized spacial score (nSPS) is 17.0. The third-order valence-corrected chi connectivity index (χ3v) is 8.17. The summed E-state index contributed by atoms with van der Waals surface area (Å²) < 4.78 is 16.0. The smallest absolute Gasteiger partial charge is 0.410 e. The first-order valence-corrected chi connectivity index (χ1v) is 14.9. The molecule has 4 aromatic rings. The van der Waals surface area contributed by atoms with E-state index in [1.54, 1.807) is 11.1 Å². The van der Waals surface area contributed by atoms with E-state index in [0.29, 0.717) is 56.0 Å². The third-order valence-electron chi connectivity index (χ3n) is 7.65. The molecule has 4 aromatic heterocycles. The zero-order chi connectivity index (χ0) is 29.3. The molecule has 0 aliphatic carbocycles. The summed E-state index contributed by atoms with van der Waals surface area (Å²) in [4.78, 5) is 42.3. The molecular weight excluding hydrogens is 556 g/mol. The number of piperidine rings is 2. The van der Waals surface area contributed by atoms with E-state index in [-0.39, 0.29) is 24.0 Å². The van der Waals surface area contributed by atoms with Crippen molar-refractivity contribution in [3.63, 3.8) is 0 Å². The van der Waals surface area contributed by atoms with Crippen molar-refractivity contribution in [2.24, 2.45) is 5.92 Å². The first-order chi connectivity index (χ1) is 20.2. The fourth-order valence-corrected chi connectivity index (χ4v) is 5.88. The molecule has 42 heavy (non-hydrogen) atoms. The number of likely N-dealkylation sites (tertiary alicyclic amines) is 1. The lowest BCUT2D eigenvalue weighted by atomic mass is 9.96. The van der Waals surface area contributed by atoms with Crippen molar-refractivity contribution >= 4 is 46.5 Å². The number of nitrogens with zero attached hydrogens (tertiary/aromatic N) is 9. The molecule has 2 saturated heterocycles. The van der Waals surface area contributed by atoms with Crippen LogP contribution in [0.3, 0.4) is 0 Å². The zero-order valence-electron chi connectivity index (χ0n) is 23.9. The Bertz CT molecular complexity index is 1550. The lowest BCUT2D eigenvalue weighted by molar-refractivity contribution is -0.120. The van der Waals surface area contributed by atoms with Gasteiger partial charge in [0.15, 0.2) is 17.0 Å². The second-order valence-electron chi connectivity index (χ2n) is 11.7. The van der Waals surface area contributed by atoms with Gasteiger partial charge in [0.2, 0.25) is 5.91 Å². The lowest BCUT2D eigenvalue weighted by Gasteiger charge is -2.33. The number of hydrogen-bond acceptors (Lipinski definition) is 11. The quantitative estimate of drug-likeness (QED) is 0.360. The number of fused-ring (bicyclic) bond motifs is 1. The predicted molar refractivity (Wildman–Crippen MR) is 158 cm³/mol. The van der Waals surface area contributed by atoms with Crippen molar-refractivity contribution in [3.8, 4) is 11.1 Å². The number of carbonyl (C=O) groups is 2. The van der Waals surface area contributed by atoms with Crippen LogP contribution in [0.5, 0.6) is 0 Å². The number of nitrogens with one attached hydrogen (secondary N) is 1. The van der Waals surface area contributed by atoms with Gasteiger partial charge in [0, 0.05) is 55.6 Å². The van der Waals surface area contributed by atoms with Crippen LogP contribution in [0.1, 0.15) is 52.5 Å². The van der Waals surface area contributed by atoms with E-state index in [1.807, 2.05) is 50.0 Å². The minimum absolute atomic E-state index is 0.0244. The van der Waals surface area contributed by atoms with Gasteiger partial charge in [-0.05, 0) is 58.6 Å². The molecule has 2 aliphatic rings. The minimum Gasteiger partial charge on any atom is -0.444 e. The summed E-state index contributed by atoms with van der Waals surface area (Å²) in [5.41, 5.74) is 2.70. The molecule has 13 nitrogen and oxygen atoms in total. The van der Waals surface area contributed by atoms with E-state index in [4.69, 9.17) is 4.74 Å². The van der Waals surface area contributed by atoms with Crippen LogP contribution in [0.2, 0.25) is 0 Å². The Morgan fingerprint density at radius 1 is 0.952 bits per heavy atom. The maximum absolute atomic E-state index is 13.0. The molecule has 220 valence electrons. The molecule has 6 heterocycles. The van der Waals surface area contributed by atoms with E-state index in [1.165, 1.54) is 6.33 Å². The van der Waals surface area contributed by atoms with Crippen LogP contribution >= 0.6 is 11.7 Å². The molecule has 2 amide bonds. The number of amides is 2. The summed E-state index contributed by atoms with van der Waals surface area (Å²) in [5.74, 6) is 1.18. The van der Waals surface area contributed by atoms with Crippen molar-refractivity contribution in [1.29, 1.82) is 0 Å². The maximum Gasteiger partial charge on any atom is 0.410 e. The zero-order valence-corrected chi connectivity index (χ0v) is 24.8. The van der Waals surface area contributed by atoms with Gasteiger partial charge in [0.05, 0.1) is 24.0 Å². The topological polar surface area (TPSA) is 144 Å². The van der Waals surface area contributed by atoms with Crippen molar-refractivity contribution in [2.45, 2.75) is 58.1 Å². The predicted octanol–water partition coefficient (Wildman–Crippen LogP) is 4.17. The highest BCUT2D eigenvalue weighted by atomic mass is 32.1. The number of rotatable bonds is 5. The summed E-state index contributed by atoms with van der Waals surface area (Å²) in [5, 5.41) is 7.56.